The normalized spacial score (nSPS) is 10.3. The van der Waals surface area contributed by atoms with Crippen LogP contribution in [0.2, 0.25) is 10.2 Å². The molecule has 0 radical (unpaired) electrons. The fraction of sp³-hybridized carbons (Fsp3) is 0. The number of ketones is 1. The minimum Gasteiger partial charge on any atom is -0.288 e. The molecule has 0 spiro atoms. The van der Waals surface area contributed by atoms with Gasteiger partial charge in [0, 0.05) is 16.8 Å². The summed E-state index contributed by atoms with van der Waals surface area (Å²) in [7, 11) is 0. The van der Waals surface area contributed by atoms with Crippen molar-refractivity contribution in [2.75, 3.05) is 0 Å². The van der Waals surface area contributed by atoms with Crippen LogP contribution in [-0.2, 0) is 0 Å². The quantitative estimate of drug-likeness (QED) is 0.614. The molecule has 0 unspecified atom stereocenters. The van der Waals surface area contributed by atoms with E-state index in [1.54, 1.807) is 0 Å². The Kier molecular flexibility index (Phi) is 3.41. The van der Waals surface area contributed by atoms with Gasteiger partial charge in [0.1, 0.15) is 11.0 Å². The third-order valence-electron chi connectivity index (χ3n) is 2.17. The highest BCUT2D eigenvalue weighted by Crippen LogP contribution is 2.18. The average Bonchev–Trinajstić information content (AvgIpc) is 2.29. The van der Waals surface area contributed by atoms with Crippen molar-refractivity contribution in [2.45, 2.75) is 0 Å². The van der Waals surface area contributed by atoms with Gasteiger partial charge in [-0.15, -0.1) is 0 Å². The van der Waals surface area contributed by atoms with Crippen LogP contribution in [0.1, 0.15) is 15.9 Å². The second-order valence-electron chi connectivity index (χ2n) is 3.32. The zero-order chi connectivity index (χ0) is 12.4. The van der Waals surface area contributed by atoms with E-state index in [9.17, 15) is 9.18 Å². The van der Waals surface area contributed by atoms with E-state index < -0.39 is 11.6 Å². The molecule has 0 saturated heterocycles. The molecule has 0 bridgehead atoms. The Hall–Kier alpha value is -1.45. The number of rotatable bonds is 2. The summed E-state index contributed by atoms with van der Waals surface area (Å²) >= 11 is 11.2. The maximum Gasteiger partial charge on any atom is 0.197 e. The van der Waals surface area contributed by atoms with E-state index >= 15 is 0 Å². The number of hydrogen-bond acceptors (Lipinski definition) is 2. The molecular formula is C12H6Cl2FNO. The zero-order valence-electron chi connectivity index (χ0n) is 8.45. The molecule has 17 heavy (non-hydrogen) atoms. The van der Waals surface area contributed by atoms with Crippen molar-refractivity contribution in [1.82, 2.24) is 4.98 Å². The lowest BCUT2D eigenvalue weighted by molar-refractivity contribution is 0.103. The van der Waals surface area contributed by atoms with Gasteiger partial charge in [-0.3, -0.25) is 4.79 Å². The molecule has 5 heteroatoms. The molecule has 0 aliphatic heterocycles. The summed E-state index contributed by atoms with van der Waals surface area (Å²) in [5.74, 6) is -1.11. The van der Waals surface area contributed by atoms with Gasteiger partial charge in [0.05, 0.1) is 5.56 Å². The fourth-order valence-corrected chi connectivity index (χ4v) is 1.61. The van der Waals surface area contributed by atoms with E-state index in [2.05, 4.69) is 4.98 Å². The van der Waals surface area contributed by atoms with Gasteiger partial charge in [0.2, 0.25) is 0 Å². The van der Waals surface area contributed by atoms with Crippen molar-refractivity contribution in [3.8, 4) is 0 Å². The second-order valence-corrected chi connectivity index (χ2v) is 4.15. The van der Waals surface area contributed by atoms with E-state index in [1.807, 2.05) is 0 Å². The molecule has 0 aliphatic carbocycles. The zero-order valence-corrected chi connectivity index (χ0v) is 9.97. The van der Waals surface area contributed by atoms with Crippen LogP contribution in [-0.4, -0.2) is 10.8 Å². The Balaban J connectivity index is 2.40. The molecule has 1 heterocycles. The Morgan fingerprint density at radius 2 is 1.94 bits per heavy atom. The first-order chi connectivity index (χ1) is 8.08. The van der Waals surface area contributed by atoms with Gasteiger partial charge in [-0.05, 0) is 30.3 Å². The first-order valence-corrected chi connectivity index (χ1v) is 5.45. The molecule has 1 aromatic heterocycles. The minimum absolute atomic E-state index is 0.0430. The minimum atomic E-state index is -0.655. The summed E-state index contributed by atoms with van der Waals surface area (Å²) in [5, 5.41) is 0.520. The number of carbonyl (C=O) groups is 1. The van der Waals surface area contributed by atoms with Gasteiger partial charge in [-0.2, -0.15) is 0 Å². The predicted octanol–water partition coefficient (Wildman–Crippen LogP) is 3.76. The maximum atomic E-state index is 13.5. The number of halogens is 3. The standard InChI is InChI=1S/C12H6Cl2FNO/c13-8-2-3-9(10(15)5-8)12(17)7-1-4-11(14)16-6-7/h1-6H. The predicted molar refractivity (Wildman–Crippen MR) is 64.1 cm³/mol. The van der Waals surface area contributed by atoms with Crippen LogP contribution in [0.4, 0.5) is 4.39 Å². The summed E-state index contributed by atoms with van der Waals surface area (Å²) in [5.41, 5.74) is 0.231. The van der Waals surface area contributed by atoms with Crippen LogP contribution in [0.3, 0.4) is 0 Å². The van der Waals surface area contributed by atoms with Crippen molar-refractivity contribution in [1.29, 1.82) is 0 Å². The van der Waals surface area contributed by atoms with Crippen LogP contribution in [0, 0.1) is 5.82 Å². The number of pyridine rings is 1. The third-order valence-corrected chi connectivity index (χ3v) is 2.62. The van der Waals surface area contributed by atoms with E-state index in [-0.39, 0.29) is 21.3 Å². The van der Waals surface area contributed by atoms with Crippen molar-refractivity contribution in [3.05, 3.63) is 63.6 Å². The first kappa shape index (κ1) is 12.0. The largest absolute Gasteiger partial charge is 0.288 e. The van der Waals surface area contributed by atoms with Crippen LogP contribution in [0.25, 0.3) is 0 Å². The van der Waals surface area contributed by atoms with E-state index in [0.717, 1.165) is 6.07 Å². The van der Waals surface area contributed by atoms with E-state index in [1.165, 1.54) is 30.5 Å². The number of hydrogen-bond donors (Lipinski definition) is 0. The molecule has 0 fully saturated rings. The average molecular weight is 270 g/mol. The number of benzene rings is 1. The first-order valence-electron chi connectivity index (χ1n) is 4.69. The summed E-state index contributed by atoms with van der Waals surface area (Å²) in [4.78, 5) is 15.7. The van der Waals surface area contributed by atoms with Crippen LogP contribution in [0.5, 0.6) is 0 Å². The Labute approximate surface area is 107 Å². The van der Waals surface area contributed by atoms with Gasteiger partial charge in [0.15, 0.2) is 5.78 Å². The molecule has 0 aliphatic rings. The van der Waals surface area contributed by atoms with Crippen molar-refractivity contribution in [2.24, 2.45) is 0 Å². The van der Waals surface area contributed by atoms with Crippen molar-refractivity contribution >= 4 is 29.0 Å². The highest BCUT2D eigenvalue weighted by Gasteiger charge is 2.14. The van der Waals surface area contributed by atoms with E-state index in [0.29, 0.717) is 0 Å². The Morgan fingerprint density at radius 1 is 1.18 bits per heavy atom. The van der Waals surface area contributed by atoms with Crippen LogP contribution >= 0.6 is 23.2 Å². The molecule has 2 nitrogen and oxygen atoms in total. The lowest BCUT2D eigenvalue weighted by Crippen LogP contribution is -2.04. The summed E-state index contributed by atoms with van der Waals surface area (Å²) in [6.45, 7) is 0. The highest BCUT2D eigenvalue weighted by atomic mass is 35.5. The van der Waals surface area contributed by atoms with Gasteiger partial charge in [0.25, 0.3) is 0 Å². The van der Waals surface area contributed by atoms with Crippen molar-refractivity contribution < 1.29 is 9.18 Å². The molecule has 0 atom stereocenters. The molecule has 0 amide bonds. The molecule has 2 rings (SSSR count). The monoisotopic (exact) mass is 269 g/mol. The number of carbonyl (C=O) groups excluding carboxylic acids is 1. The van der Waals surface area contributed by atoms with Crippen molar-refractivity contribution in [3.63, 3.8) is 0 Å². The Bertz CT molecular complexity index is 569. The molecule has 0 N–H and O–H groups in total. The van der Waals surface area contributed by atoms with Crippen LogP contribution in [0.15, 0.2) is 36.5 Å². The lowest BCUT2D eigenvalue weighted by Gasteiger charge is -2.02. The maximum absolute atomic E-state index is 13.5. The van der Waals surface area contributed by atoms with Gasteiger partial charge < -0.3 is 0 Å². The van der Waals surface area contributed by atoms with E-state index in [4.69, 9.17) is 23.2 Å². The number of aromatic nitrogens is 1. The third kappa shape index (κ3) is 2.62. The fourth-order valence-electron chi connectivity index (χ4n) is 1.34. The summed E-state index contributed by atoms with van der Waals surface area (Å²) in [6.07, 6.45) is 1.30. The smallest absolute Gasteiger partial charge is 0.197 e. The lowest BCUT2D eigenvalue weighted by atomic mass is 10.0. The molecule has 1 aromatic carbocycles. The molecular weight excluding hydrogens is 264 g/mol. The second kappa shape index (κ2) is 4.82. The topological polar surface area (TPSA) is 30.0 Å². The molecule has 2 aromatic rings. The highest BCUT2D eigenvalue weighted by molar-refractivity contribution is 6.30. The summed E-state index contributed by atoms with van der Waals surface area (Å²) < 4.78 is 13.5. The molecule has 0 saturated carbocycles. The molecule has 86 valence electrons. The number of nitrogens with zero attached hydrogens (tertiary/aromatic N) is 1. The van der Waals surface area contributed by atoms with Crippen LogP contribution < -0.4 is 0 Å². The Morgan fingerprint density at radius 3 is 2.53 bits per heavy atom. The summed E-state index contributed by atoms with van der Waals surface area (Å²) in [6, 6.07) is 6.86. The van der Waals surface area contributed by atoms with Gasteiger partial charge in [-0.25, -0.2) is 9.37 Å². The van der Waals surface area contributed by atoms with Gasteiger partial charge >= 0.3 is 0 Å². The SMILES string of the molecule is O=C(c1ccc(Cl)nc1)c1ccc(Cl)cc1F. The van der Waals surface area contributed by atoms with Gasteiger partial charge in [-0.1, -0.05) is 23.2 Å².